The lowest BCUT2D eigenvalue weighted by molar-refractivity contribution is -0.133. The van der Waals surface area contributed by atoms with E-state index in [0.717, 1.165) is 5.56 Å². The number of likely N-dealkylation sites (tertiary alicyclic amines) is 1. The number of amides is 2. The van der Waals surface area contributed by atoms with Gasteiger partial charge in [0.1, 0.15) is 5.75 Å². The smallest absolute Gasteiger partial charge is 0.255 e. The lowest BCUT2D eigenvalue weighted by Gasteiger charge is -2.38. The van der Waals surface area contributed by atoms with E-state index in [4.69, 9.17) is 4.74 Å². The fourth-order valence-electron chi connectivity index (χ4n) is 4.04. The van der Waals surface area contributed by atoms with Gasteiger partial charge in [0.2, 0.25) is 5.91 Å². The molecule has 1 aromatic carbocycles. The molecular formula is C22H30N4O3. The zero-order valence-corrected chi connectivity index (χ0v) is 17.8. The molecule has 0 bridgehead atoms. The van der Waals surface area contributed by atoms with Gasteiger partial charge in [0, 0.05) is 43.2 Å². The van der Waals surface area contributed by atoms with Crippen LogP contribution < -0.4 is 10.1 Å². The summed E-state index contributed by atoms with van der Waals surface area (Å²) in [6.07, 6.45) is 4.15. The average molecular weight is 399 g/mol. The average Bonchev–Trinajstić information content (AvgIpc) is 3.22. The third kappa shape index (κ3) is 4.44. The molecule has 7 heteroatoms. The predicted molar refractivity (Wildman–Crippen MR) is 111 cm³/mol. The number of para-hydroxylation sites is 1. The van der Waals surface area contributed by atoms with Crippen molar-refractivity contribution in [2.24, 2.45) is 13.0 Å². The Balaban J connectivity index is 1.80. The van der Waals surface area contributed by atoms with Crippen LogP contribution in [0.4, 0.5) is 0 Å². The van der Waals surface area contributed by atoms with Gasteiger partial charge in [-0.2, -0.15) is 5.10 Å². The molecule has 29 heavy (non-hydrogen) atoms. The maximum atomic E-state index is 12.8. The van der Waals surface area contributed by atoms with Crippen LogP contribution in [0, 0.1) is 5.92 Å². The number of hydrogen-bond acceptors (Lipinski definition) is 4. The van der Waals surface area contributed by atoms with Crippen molar-refractivity contribution in [3.63, 3.8) is 0 Å². The summed E-state index contributed by atoms with van der Waals surface area (Å²) in [5.74, 6) is 0.435. The highest BCUT2D eigenvalue weighted by Gasteiger charge is 2.45. The van der Waals surface area contributed by atoms with E-state index in [1.807, 2.05) is 58.0 Å². The van der Waals surface area contributed by atoms with Crippen LogP contribution in [0.2, 0.25) is 0 Å². The normalized spacial score (nSPS) is 19.5. The molecule has 1 fully saturated rings. The van der Waals surface area contributed by atoms with Gasteiger partial charge in [-0.3, -0.25) is 14.3 Å². The van der Waals surface area contributed by atoms with Crippen LogP contribution >= 0.6 is 0 Å². The Morgan fingerprint density at radius 2 is 2.03 bits per heavy atom. The summed E-state index contributed by atoms with van der Waals surface area (Å²) < 4.78 is 7.31. The molecular weight excluding hydrogens is 368 g/mol. The van der Waals surface area contributed by atoms with Crippen LogP contribution in [-0.2, 0) is 11.8 Å². The summed E-state index contributed by atoms with van der Waals surface area (Å²) >= 11 is 0. The second-order valence-electron chi connectivity index (χ2n) is 8.43. The Morgan fingerprint density at radius 3 is 2.66 bits per heavy atom. The first kappa shape index (κ1) is 20.9. The van der Waals surface area contributed by atoms with E-state index < -0.39 is 0 Å². The Kier molecular flexibility index (Phi) is 5.96. The lowest BCUT2D eigenvalue weighted by Crippen LogP contribution is -2.44. The molecule has 0 spiro atoms. The predicted octanol–water partition coefficient (Wildman–Crippen LogP) is 2.94. The minimum atomic E-state index is -0.322. The number of nitrogens with zero attached hydrogens (tertiary/aromatic N) is 3. The quantitative estimate of drug-likeness (QED) is 0.812. The van der Waals surface area contributed by atoms with Gasteiger partial charge in [0.25, 0.3) is 5.91 Å². The van der Waals surface area contributed by atoms with Crippen molar-refractivity contribution in [3.8, 4) is 5.75 Å². The maximum Gasteiger partial charge on any atom is 0.255 e. The first-order valence-corrected chi connectivity index (χ1v) is 10.0. The van der Waals surface area contributed by atoms with Gasteiger partial charge in [-0.25, -0.2) is 0 Å². The molecule has 2 amide bonds. The molecule has 0 radical (unpaired) electrons. The van der Waals surface area contributed by atoms with E-state index in [-0.39, 0.29) is 29.3 Å². The number of hydrogen-bond donors (Lipinski definition) is 1. The summed E-state index contributed by atoms with van der Waals surface area (Å²) in [6.45, 7) is 8.88. The molecule has 2 atom stereocenters. The fourth-order valence-corrected chi connectivity index (χ4v) is 4.04. The van der Waals surface area contributed by atoms with Crippen molar-refractivity contribution in [2.75, 3.05) is 13.2 Å². The number of aromatic nitrogens is 2. The molecule has 7 nitrogen and oxygen atoms in total. The van der Waals surface area contributed by atoms with E-state index in [1.54, 1.807) is 23.0 Å². The number of benzene rings is 1. The number of ether oxygens (including phenoxy) is 1. The molecule has 1 aliphatic heterocycles. The molecule has 1 aliphatic rings. The van der Waals surface area contributed by atoms with Crippen molar-refractivity contribution < 1.29 is 14.3 Å². The third-order valence-corrected chi connectivity index (χ3v) is 5.18. The second-order valence-corrected chi connectivity index (χ2v) is 8.43. The van der Waals surface area contributed by atoms with Gasteiger partial charge < -0.3 is 15.0 Å². The third-order valence-electron chi connectivity index (χ3n) is 5.18. The Bertz CT molecular complexity index is 884. The van der Waals surface area contributed by atoms with Crippen molar-refractivity contribution in [1.82, 2.24) is 20.0 Å². The van der Waals surface area contributed by atoms with Gasteiger partial charge >= 0.3 is 0 Å². The minimum Gasteiger partial charge on any atom is -0.493 e. The van der Waals surface area contributed by atoms with Crippen molar-refractivity contribution in [1.29, 1.82) is 0 Å². The topological polar surface area (TPSA) is 76.5 Å². The molecule has 1 N–H and O–H groups in total. The molecule has 1 saturated heterocycles. The first-order chi connectivity index (χ1) is 13.7. The molecule has 156 valence electrons. The molecule has 2 heterocycles. The number of nitrogens with one attached hydrogen (secondary N) is 1. The Hall–Kier alpha value is -2.83. The Morgan fingerprint density at radius 1 is 1.31 bits per heavy atom. The number of carbonyl (C=O) groups excluding carboxylic acids is 2. The van der Waals surface area contributed by atoms with Gasteiger partial charge in [-0.15, -0.1) is 0 Å². The van der Waals surface area contributed by atoms with Crippen LogP contribution in [-0.4, -0.2) is 45.2 Å². The van der Waals surface area contributed by atoms with Crippen LogP contribution in [0.3, 0.4) is 0 Å². The zero-order chi connectivity index (χ0) is 21.2. The first-order valence-electron chi connectivity index (χ1n) is 10.0. The molecule has 0 unspecified atom stereocenters. The summed E-state index contributed by atoms with van der Waals surface area (Å²) in [5.41, 5.74) is 1.17. The summed E-state index contributed by atoms with van der Waals surface area (Å²) in [6, 6.07) is 7.07. The van der Waals surface area contributed by atoms with Crippen molar-refractivity contribution >= 4 is 11.8 Å². The van der Waals surface area contributed by atoms with Gasteiger partial charge in [-0.1, -0.05) is 12.1 Å². The van der Waals surface area contributed by atoms with E-state index in [1.165, 1.54) is 0 Å². The monoisotopic (exact) mass is 398 g/mol. The highest BCUT2D eigenvalue weighted by atomic mass is 16.5. The standard InChI is InChI=1S/C22H30N4O3/c1-6-29-18-10-8-7-9-17(18)21(28)23-12-15-11-19(27)26(22(2,3)4)20(15)16-13-24-25(5)14-16/h7-10,13-15,20H,6,11-12H2,1-5H3,(H,23,28)/t15-,20+/m0/s1. The van der Waals surface area contributed by atoms with Gasteiger partial charge in [0.05, 0.1) is 24.4 Å². The van der Waals surface area contributed by atoms with E-state index in [0.29, 0.717) is 30.9 Å². The number of carbonyl (C=O) groups is 2. The van der Waals surface area contributed by atoms with E-state index in [2.05, 4.69) is 10.4 Å². The second kappa shape index (κ2) is 8.27. The highest BCUT2D eigenvalue weighted by molar-refractivity contribution is 5.97. The number of rotatable bonds is 6. The van der Waals surface area contributed by atoms with Crippen LogP contribution in [0.25, 0.3) is 0 Å². The summed E-state index contributed by atoms with van der Waals surface area (Å²) in [4.78, 5) is 27.6. The highest BCUT2D eigenvalue weighted by Crippen LogP contribution is 2.42. The molecule has 2 aromatic rings. The summed E-state index contributed by atoms with van der Waals surface area (Å²) in [7, 11) is 1.86. The number of aryl methyl sites for hydroxylation is 1. The van der Waals surface area contributed by atoms with Crippen LogP contribution in [0.15, 0.2) is 36.7 Å². The Labute approximate surface area is 172 Å². The van der Waals surface area contributed by atoms with Gasteiger partial charge in [-0.05, 0) is 39.8 Å². The van der Waals surface area contributed by atoms with Crippen molar-refractivity contribution in [3.05, 3.63) is 47.8 Å². The summed E-state index contributed by atoms with van der Waals surface area (Å²) in [5, 5.41) is 7.30. The van der Waals surface area contributed by atoms with Crippen LogP contribution in [0.5, 0.6) is 5.75 Å². The van der Waals surface area contributed by atoms with E-state index >= 15 is 0 Å². The molecule has 0 saturated carbocycles. The minimum absolute atomic E-state index is 0.0332. The maximum absolute atomic E-state index is 12.8. The van der Waals surface area contributed by atoms with Crippen LogP contribution in [0.1, 0.15) is 56.1 Å². The molecule has 0 aliphatic carbocycles. The van der Waals surface area contributed by atoms with Crippen molar-refractivity contribution in [2.45, 2.75) is 45.7 Å². The molecule has 3 rings (SSSR count). The fraction of sp³-hybridized carbons (Fsp3) is 0.500. The van der Waals surface area contributed by atoms with E-state index in [9.17, 15) is 9.59 Å². The SMILES string of the molecule is CCOc1ccccc1C(=O)NC[C@@H]1CC(=O)N(C(C)(C)C)[C@H]1c1cnn(C)c1. The molecule has 1 aromatic heterocycles. The van der Waals surface area contributed by atoms with Gasteiger partial charge in [0.15, 0.2) is 0 Å². The lowest BCUT2D eigenvalue weighted by atomic mass is 9.93. The zero-order valence-electron chi connectivity index (χ0n) is 17.8. The largest absolute Gasteiger partial charge is 0.493 e.